The molecule has 3 aromatic rings. The van der Waals surface area contributed by atoms with E-state index in [2.05, 4.69) is 26.4 Å². The Bertz CT molecular complexity index is 943. The van der Waals surface area contributed by atoms with E-state index in [0.717, 1.165) is 47.6 Å². The van der Waals surface area contributed by atoms with Crippen LogP contribution in [0.4, 0.5) is 5.69 Å². The zero-order chi connectivity index (χ0) is 19.5. The highest BCUT2D eigenvalue weighted by molar-refractivity contribution is 7.13. The van der Waals surface area contributed by atoms with Crippen molar-refractivity contribution in [1.82, 2.24) is 15.0 Å². The molecule has 0 radical (unpaired) electrons. The molecule has 1 aliphatic rings. The summed E-state index contributed by atoms with van der Waals surface area (Å²) < 4.78 is 5.50. The van der Waals surface area contributed by atoms with Gasteiger partial charge in [0.25, 0.3) is 0 Å². The van der Waals surface area contributed by atoms with E-state index < -0.39 is 0 Å². The molecule has 2 aromatic heterocycles. The Labute approximate surface area is 168 Å². The van der Waals surface area contributed by atoms with E-state index in [-0.39, 0.29) is 11.8 Å². The summed E-state index contributed by atoms with van der Waals surface area (Å²) in [6.45, 7) is 6.14. The highest BCUT2D eigenvalue weighted by Crippen LogP contribution is 2.29. The first-order valence-corrected chi connectivity index (χ1v) is 10.4. The molecule has 0 bridgehead atoms. The fraction of sp³-hybridized carbons (Fsp3) is 0.381. The molecule has 0 spiro atoms. The zero-order valence-corrected chi connectivity index (χ0v) is 17.0. The van der Waals surface area contributed by atoms with Crippen LogP contribution in [0.25, 0.3) is 10.7 Å². The molecule has 1 fully saturated rings. The van der Waals surface area contributed by atoms with Crippen molar-refractivity contribution < 1.29 is 9.32 Å². The van der Waals surface area contributed by atoms with E-state index in [9.17, 15) is 4.79 Å². The second-order valence-electron chi connectivity index (χ2n) is 7.35. The fourth-order valence-corrected chi connectivity index (χ4v) is 4.16. The minimum atomic E-state index is 0.0323. The molecule has 6 nitrogen and oxygen atoms in total. The minimum Gasteiger partial charge on any atom is -0.339 e. The van der Waals surface area contributed by atoms with Crippen LogP contribution in [-0.4, -0.2) is 40.6 Å². The normalized spacial score (nSPS) is 15.6. The quantitative estimate of drug-likeness (QED) is 0.699. The molecule has 4 rings (SSSR count). The molecule has 0 aliphatic carbocycles. The standard InChI is InChI=1S/C21H24N4O2S/c1-14-5-6-15(2)17(12-14)22-19(26)13-25-9-7-16(8-10-25)21-23-20(24-27-21)18-4-3-11-28-18/h3-6,11-12,16H,7-10,13H2,1-2H3,(H,22,26). The molecule has 0 unspecified atom stereocenters. The van der Waals surface area contributed by atoms with E-state index in [0.29, 0.717) is 18.3 Å². The molecule has 1 saturated heterocycles. The average molecular weight is 397 g/mol. The van der Waals surface area contributed by atoms with Gasteiger partial charge in [-0.2, -0.15) is 4.98 Å². The summed E-state index contributed by atoms with van der Waals surface area (Å²) in [5.41, 5.74) is 3.12. The maximum Gasteiger partial charge on any atom is 0.238 e. The third-order valence-electron chi connectivity index (χ3n) is 5.15. The monoisotopic (exact) mass is 396 g/mol. The van der Waals surface area contributed by atoms with Gasteiger partial charge in [0.15, 0.2) is 0 Å². The molecule has 7 heteroatoms. The predicted octanol–water partition coefficient (Wildman–Crippen LogP) is 4.23. The van der Waals surface area contributed by atoms with Gasteiger partial charge in [0.05, 0.1) is 11.4 Å². The Morgan fingerprint density at radius 1 is 1.29 bits per heavy atom. The number of anilines is 1. The molecule has 1 N–H and O–H groups in total. The molecule has 0 atom stereocenters. The van der Waals surface area contributed by atoms with Crippen molar-refractivity contribution in [3.05, 3.63) is 52.7 Å². The number of hydrogen-bond acceptors (Lipinski definition) is 6. The van der Waals surface area contributed by atoms with Crippen molar-refractivity contribution in [2.24, 2.45) is 0 Å². The summed E-state index contributed by atoms with van der Waals surface area (Å²) in [5, 5.41) is 9.16. The largest absolute Gasteiger partial charge is 0.339 e. The Morgan fingerprint density at radius 2 is 2.11 bits per heavy atom. The fourth-order valence-electron chi connectivity index (χ4n) is 3.51. The average Bonchev–Trinajstić information content (AvgIpc) is 3.37. The molecule has 1 amide bonds. The number of likely N-dealkylation sites (tertiary alicyclic amines) is 1. The lowest BCUT2D eigenvalue weighted by Crippen LogP contribution is -2.38. The number of thiophene rings is 1. The molecular formula is C21H24N4O2S. The maximum absolute atomic E-state index is 12.4. The number of piperidine rings is 1. The number of aromatic nitrogens is 2. The molecule has 1 aliphatic heterocycles. The van der Waals surface area contributed by atoms with Crippen LogP contribution >= 0.6 is 11.3 Å². The van der Waals surface area contributed by atoms with Crippen LogP contribution < -0.4 is 5.32 Å². The van der Waals surface area contributed by atoms with Crippen molar-refractivity contribution in [2.75, 3.05) is 25.0 Å². The summed E-state index contributed by atoms with van der Waals surface area (Å²) in [5.74, 6) is 1.67. The molecule has 1 aromatic carbocycles. The summed E-state index contributed by atoms with van der Waals surface area (Å²) in [6, 6.07) is 10.1. The molecular weight excluding hydrogens is 372 g/mol. The van der Waals surface area contributed by atoms with Gasteiger partial charge in [0, 0.05) is 11.6 Å². The van der Waals surface area contributed by atoms with E-state index in [1.54, 1.807) is 11.3 Å². The first-order valence-electron chi connectivity index (χ1n) is 9.55. The van der Waals surface area contributed by atoms with Crippen LogP contribution in [0.15, 0.2) is 40.2 Å². The van der Waals surface area contributed by atoms with Gasteiger partial charge >= 0.3 is 0 Å². The van der Waals surface area contributed by atoms with Gasteiger partial charge in [-0.15, -0.1) is 11.3 Å². The van der Waals surface area contributed by atoms with Gasteiger partial charge in [-0.05, 0) is 68.4 Å². The Morgan fingerprint density at radius 3 is 2.86 bits per heavy atom. The lowest BCUT2D eigenvalue weighted by Gasteiger charge is -2.29. The molecule has 146 valence electrons. The maximum atomic E-state index is 12.4. The number of nitrogens with one attached hydrogen (secondary N) is 1. The van der Waals surface area contributed by atoms with Crippen LogP contribution in [0.1, 0.15) is 35.8 Å². The van der Waals surface area contributed by atoms with Crippen molar-refractivity contribution in [3.63, 3.8) is 0 Å². The summed E-state index contributed by atoms with van der Waals surface area (Å²) >= 11 is 1.61. The van der Waals surface area contributed by atoms with E-state index in [1.165, 1.54) is 0 Å². The van der Waals surface area contributed by atoms with Gasteiger partial charge in [-0.1, -0.05) is 23.4 Å². The Balaban J connectivity index is 1.29. The molecule has 28 heavy (non-hydrogen) atoms. The van der Waals surface area contributed by atoms with Crippen LogP contribution in [-0.2, 0) is 4.79 Å². The van der Waals surface area contributed by atoms with Crippen molar-refractivity contribution in [1.29, 1.82) is 0 Å². The topological polar surface area (TPSA) is 71.3 Å². The second-order valence-corrected chi connectivity index (χ2v) is 8.30. The Hall–Kier alpha value is -2.51. The summed E-state index contributed by atoms with van der Waals surface area (Å²) in [7, 11) is 0. The van der Waals surface area contributed by atoms with E-state index in [4.69, 9.17) is 4.52 Å². The third-order valence-corrected chi connectivity index (χ3v) is 6.02. The number of benzene rings is 1. The SMILES string of the molecule is Cc1ccc(C)c(NC(=O)CN2CCC(c3nc(-c4cccs4)no3)CC2)c1. The molecule has 0 saturated carbocycles. The minimum absolute atomic E-state index is 0.0323. The first-order chi connectivity index (χ1) is 13.6. The van der Waals surface area contributed by atoms with Crippen molar-refractivity contribution >= 4 is 22.9 Å². The highest BCUT2D eigenvalue weighted by Gasteiger charge is 2.26. The zero-order valence-electron chi connectivity index (χ0n) is 16.1. The summed E-state index contributed by atoms with van der Waals surface area (Å²) in [6.07, 6.45) is 1.84. The summed E-state index contributed by atoms with van der Waals surface area (Å²) in [4.78, 5) is 20.2. The number of amides is 1. The molecule has 3 heterocycles. The predicted molar refractivity (Wildman–Crippen MR) is 111 cm³/mol. The van der Waals surface area contributed by atoms with Gasteiger partial charge in [-0.3, -0.25) is 9.69 Å². The van der Waals surface area contributed by atoms with Gasteiger partial charge in [-0.25, -0.2) is 0 Å². The van der Waals surface area contributed by atoms with Crippen LogP contribution in [0, 0.1) is 13.8 Å². The van der Waals surface area contributed by atoms with Crippen molar-refractivity contribution in [3.8, 4) is 10.7 Å². The van der Waals surface area contributed by atoms with Crippen molar-refractivity contribution in [2.45, 2.75) is 32.6 Å². The second kappa shape index (κ2) is 8.24. The lowest BCUT2D eigenvalue weighted by molar-refractivity contribution is -0.117. The van der Waals surface area contributed by atoms with Gasteiger partial charge in [0.2, 0.25) is 17.6 Å². The third kappa shape index (κ3) is 4.31. The van der Waals surface area contributed by atoms with E-state index >= 15 is 0 Å². The van der Waals surface area contributed by atoms with Crippen LogP contribution in [0.3, 0.4) is 0 Å². The van der Waals surface area contributed by atoms with E-state index in [1.807, 2.05) is 43.5 Å². The first kappa shape index (κ1) is 18.8. The number of carbonyl (C=O) groups is 1. The number of aryl methyl sites for hydroxylation is 2. The van der Waals surface area contributed by atoms with Gasteiger partial charge < -0.3 is 9.84 Å². The highest BCUT2D eigenvalue weighted by atomic mass is 32.1. The number of nitrogens with zero attached hydrogens (tertiary/aromatic N) is 3. The lowest BCUT2D eigenvalue weighted by atomic mass is 9.97. The van der Waals surface area contributed by atoms with Crippen LogP contribution in [0.2, 0.25) is 0 Å². The number of rotatable bonds is 5. The van der Waals surface area contributed by atoms with Crippen LogP contribution in [0.5, 0.6) is 0 Å². The Kier molecular flexibility index (Phi) is 5.54. The smallest absolute Gasteiger partial charge is 0.238 e. The number of hydrogen-bond donors (Lipinski definition) is 1. The van der Waals surface area contributed by atoms with Gasteiger partial charge in [0.1, 0.15) is 0 Å². The number of carbonyl (C=O) groups excluding carboxylic acids is 1.